The molecule has 0 spiro atoms. The van der Waals surface area contributed by atoms with Gasteiger partial charge in [0.25, 0.3) is 5.91 Å². The van der Waals surface area contributed by atoms with Crippen molar-refractivity contribution >= 4 is 38.9 Å². The van der Waals surface area contributed by atoms with Gasteiger partial charge in [-0.05, 0) is 74.8 Å². The zero-order chi connectivity index (χ0) is 31.6. The Morgan fingerprint density at radius 1 is 1.07 bits per heavy atom. The van der Waals surface area contributed by atoms with Crippen LogP contribution in [0.3, 0.4) is 0 Å². The number of likely N-dealkylation sites (N-methyl/N-ethyl adjacent to an activating group) is 1. The number of nitrogens with two attached hydrogens (primary N) is 1. The molecule has 0 bridgehead atoms. The number of aliphatic hydroxyl groups is 3. The number of benzene rings is 2. The fraction of sp³-hybridized carbons (Fsp3) is 0.300. The van der Waals surface area contributed by atoms with Crippen LogP contribution in [0.15, 0.2) is 53.3 Å². The predicted molar refractivity (Wildman–Crippen MR) is 155 cm³/mol. The van der Waals surface area contributed by atoms with Gasteiger partial charge in [0.1, 0.15) is 22.8 Å². The number of carbonyl (C=O) groups is 3. The number of nitrogens with zero attached hydrogens (tertiary/aromatic N) is 1. The van der Waals surface area contributed by atoms with E-state index in [-0.39, 0.29) is 29.7 Å². The van der Waals surface area contributed by atoms with Gasteiger partial charge in [-0.3, -0.25) is 24.0 Å². The molecule has 0 saturated heterocycles. The third-order valence-electron chi connectivity index (χ3n) is 8.13. The summed E-state index contributed by atoms with van der Waals surface area (Å²) in [6.45, 7) is 0. The van der Waals surface area contributed by atoms with E-state index in [1.807, 2.05) is 0 Å². The number of ketones is 2. The van der Waals surface area contributed by atoms with Crippen molar-refractivity contribution in [2.75, 3.05) is 25.1 Å². The largest absolute Gasteiger partial charge is 0.508 e. The summed E-state index contributed by atoms with van der Waals surface area (Å²) in [4.78, 5) is 40.7. The van der Waals surface area contributed by atoms with Crippen LogP contribution in [0.2, 0.25) is 0 Å². The maximum atomic E-state index is 13.9. The van der Waals surface area contributed by atoms with Crippen molar-refractivity contribution in [2.45, 2.75) is 24.5 Å². The molecule has 0 aromatic heterocycles. The molecule has 3 aliphatic rings. The highest BCUT2D eigenvalue weighted by molar-refractivity contribution is 7.92. The van der Waals surface area contributed by atoms with Gasteiger partial charge in [-0.1, -0.05) is 11.8 Å². The number of hydrogen-bond donors (Lipinski definition) is 6. The Labute approximate surface area is 247 Å². The second-order valence-electron chi connectivity index (χ2n) is 11.1. The number of aliphatic hydroxyl groups excluding tert-OH is 2. The van der Waals surface area contributed by atoms with Gasteiger partial charge in [-0.2, -0.15) is 0 Å². The van der Waals surface area contributed by atoms with E-state index in [0.29, 0.717) is 22.4 Å². The van der Waals surface area contributed by atoms with Crippen LogP contribution in [0, 0.1) is 23.7 Å². The summed E-state index contributed by atoms with van der Waals surface area (Å²) in [6.07, 6.45) is 1.10. The zero-order valence-corrected chi connectivity index (χ0v) is 24.2. The van der Waals surface area contributed by atoms with Crippen LogP contribution in [0.25, 0.3) is 5.76 Å². The van der Waals surface area contributed by atoms with E-state index < -0.39 is 68.1 Å². The number of phenolic OH excluding ortho intramolecular Hbond substituents is 1. The molecule has 1 saturated carbocycles. The maximum absolute atomic E-state index is 13.9. The molecule has 43 heavy (non-hydrogen) atoms. The number of aromatic hydroxyl groups is 1. The lowest BCUT2D eigenvalue weighted by molar-refractivity contribution is -0.153. The van der Waals surface area contributed by atoms with Crippen molar-refractivity contribution in [3.63, 3.8) is 0 Å². The number of hydrogen-bond acceptors (Lipinski definition) is 10. The highest BCUT2D eigenvalue weighted by Crippen LogP contribution is 2.52. The number of fused-ring (bicyclic) bond motifs is 3. The van der Waals surface area contributed by atoms with E-state index in [1.165, 1.54) is 25.1 Å². The summed E-state index contributed by atoms with van der Waals surface area (Å²) >= 11 is 0. The lowest BCUT2D eigenvalue weighted by atomic mass is 9.57. The minimum absolute atomic E-state index is 0.0386. The third kappa shape index (κ3) is 4.83. The quantitative estimate of drug-likeness (QED) is 0.212. The number of sulfonamides is 1. The van der Waals surface area contributed by atoms with Crippen LogP contribution in [0.1, 0.15) is 28.7 Å². The average molecular weight is 608 g/mol. The van der Waals surface area contributed by atoms with Gasteiger partial charge in [0.05, 0.1) is 17.9 Å². The molecule has 7 N–H and O–H groups in total. The number of Topliss-reactive ketones (excluding diaryl/α,β-unsaturated/α-hetero) is 2. The minimum Gasteiger partial charge on any atom is -0.508 e. The number of phenols is 1. The van der Waals surface area contributed by atoms with Crippen LogP contribution < -0.4 is 10.5 Å². The van der Waals surface area contributed by atoms with Gasteiger partial charge in [-0.25, -0.2) is 8.42 Å². The number of primary amides is 1. The van der Waals surface area contributed by atoms with Crippen molar-refractivity contribution in [2.24, 2.45) is 17.6 Å². The van der Waals surface area contributed by atoms with Crippen molar-refractivity contribution in [1.29, 1.82) is 0 Å². The molecule has 2 aromatic rings. The zero-order valence-electron chi connectivity index (χ0n) is 23.4. The highest BCUT2D eigenvalue weighted by atomic mass is 32.2. The molecule has 4 atom stereocenters. The normalized spacial score (nSPS) is 25.0. The van der Waals surface area contributed by atoms with E-state index in [0.717, 1.165) is 6.26 Å². The van der Waals surface area contributed by atoms with Crippen LogP contribution >= 0.6 is 0 Å². The number of rotatable bonds is 4. The first kappa shape index (κ1) is 29.8. The smallest absolute Gasteiger partial charge is 0.255 e. The standard InChI is InChI=1S/C30H29N3O9S/c1-33(2)24-19-13-16-12-18-15(7-4-14-5-9-17(10-6-14)32-43(3,41)42)8-11-20(34)22(18)25(35)21(16)27(37)30(19,40)28(38)23(26(24)36)29(31)39/h5-6,8-11,16,19,24,32,34-35,38,40H,12-13H2,1-3H3,(H2,31,39)/t16-,19-,24-,30-/m1/s1. The summed E-state index contributed by atoms with van der Waals surface area (Å²) < 4.78 is 25.3. The van der Waals surface area contributed by atoms with Gasteiger partial charge >= 0.3 is 0 Å². The molecule has 0 radical (unpaired) electrons. The molecule has 1 fully saturated rings. The molecule has 3 aliphatic carbocycles. The SMILES string of the molecule is CN(C)[C@H]1C(=O)C(C(N)=O)=C(O)[C@]2(O)C(=O)C3=C(O)c4c(O)ccc(C#Cc5ccc(NS(C)(=O)=O)cc5)c4C[C@@H]3C[C@H]12. The lowest BCUT2D eigenvalue weighted by Gasteiger charge is -2.50. The Kier molecular flexibility index (Phi) is 7.12. The molecule has 0 aliphatic heterocycles. The van der Waals surface area contributed by atoms with Gasteiger partial charge in [0.15, 0.2) is 11.4 Å². The molecule has 1 amide bonds. The van der Waals surface area contributed by atoms with Crippen LogP contribution in [-0.2, 0) is 30.8 Å². The first-order chi connectivity index (χ1) is 20.1. The molecule has 12 nitrogen and oxygen atoms in total. The minimum atomic E-state index is -3.45. The monoisotopic (exact) mass is 607 g/mol. The molecule has 224 valence electrons. The third-order valence-corrected chi connectivity index (χ3v) is 8.74. The summed E-state index contributed by atoms with van der Waals surface area (Å²) in [7, 11) is -0.385. The Hall–Kier alpha value is -4.64. The molecule has 0 unspecified atom stereocenters. The Morgan fingerprint density at radius 2 is 1.72 bits per heavy atom. The van der Waals surface area contributed by atoms with E-state index in [4.69, 9.17) is 5.73 Å². The summed E-state index contributed by atoms with van der Waals surface area (Å²) in [5, 5.41) is 44.7. The van der Waals surface area contributed by atoms with Gasteiger partial charge < -0.3 is 26.2 Å². The van der Waals surface area contributed by atoms with Crippen molar-refractivity contribution in [3.8, 4) is 17.6 Å². The molecule has 0 heterocycles. The second kappa shape index (κ2) is 10.3. The fourth-order valence-electron chi connectivity index (χ4n) is 6.34. The van der Waals surface area contributed by atoms with Crippen molar-refractivity contribution in [1.82, 2.24) is 4.90 Å². The van der Waals surface area contributed by atoms with Crippen molar-refractivity contribution in [3.05, 3.63) is 75.6 Å². The molecule has 13 heteroatoms. The van der Waals surface area contributed by atoms with E-state index in [1.54, 1.807) is 30.3 Å². The second-order valence-corrected chi connectivity index (χ2v) is 12.9. The van der Waals surface area contributed by atoms with Crippen LogP contribution in [0.4, 0.5) is 5.69 Å². The first-order valence-corrected chi connectivity index (χ1v) is 15.0. The number of nitrogens with one attached hydrogen (secondary N) is 1. The summed E-state index contributed by atoms with van der Waals surface area (Å²) in [5.41, 5.74) is 3.24. The lowest BCUT2D eigenvalue weighted by Crippen LogP contribution is -2.65. The molecular weight excluding hydrogens is 578 g/mol. The molecule has 5 rings (SSSR count). The molecular formula is C30H29N3O9S. The Morgan fingerprint density at radius 3 is 2.30 bits per heavy atom. The van der Waals surface area contributed by atoms with Crippen LogP contribution in [0.5, 0.6) is 5.75 Å². The van der Waals surface area contributed by atoms with Gasteiger partial charge in [0, 0.05) is 28.3 Å². The molecule has 2 aromatic carbocycles. The average Bonchev–Trinajstić information content (AvgIpc) is 2.90. The van der Waals surface area contributed by atoms with E-state index in [9.17, 15) is 43.2 Å². The maximum Gasteiger partial charge on any atom is 0.255 e. The van der Waals surface area contributed by atoms with Crippen molar-refractivity contribution < 1.29 is 43.2 Å². The highest BCUT2D eigenvalue weighted by Gasteiger charge is 2.64. The number of amides is 1. The Balaban J connectivity index is 1.60. The first-order valence-electron chi connectivity index (χ1n) is 13.2. The fourth-order valence-corrected chi connectivity index (χ4v) is 6.90. The topological polar surface area (TPSA) is 208 Å². The number of carbonyl (C=O) groups excluding carboxylic acids is 3. The van der Waals surface area contributed by atoms with Gasteiger partial charge in [0.2, 0.25) is 15.8 Å². The van der Waals surface area contributed by atoms with E-state index in [2.05, 4.69) is 16.6 Å². The predicted octanol–water partition coefficient (Wildman–Crippen LogP) is 0.735. The summed E-state index contributed by atoms with van der Waals surface area (Å²) in [5.74, 6) is -1.25. The summed E-state index contributed by atoms with van der Waals surface area (Å²) in [6, 6.07) is 8.01. The van der Waals surface area contributed by atoms with Crippen LogP contribution in [-0.4, -0.2) is 83.2 Å². The number of anilines is 1. The Bertz CT molecular complexity index is 1830. The van der Waals surface area contributed by atoms with E-state index >= 15 is 0 Å². The van der Waals surface area contributed by atoms with Gasteiger partial charge in [-0.15, -0.1) is 0 Å².